The number of amides is 1. The molecule has 0 radical (unpaired) electrons. The van der Waals surface area contributed by atoms with Crippen molar-refractivity contribution in [3.05, 3.63) is 71.5 Å². The molecule has 1 aliphatic rings. The number of nitrogens with one attached hydrogen (secondary N) is 1. The fraction of sp³-hybridized carbons (Fsp3) is 0.417. The van der Waals surface area contributed by atoms with Crippen LogP contribution in [0.4, 0.5) is 5.69 Å². The van der Waals surface area contributed by atoms with Crippen LogP contribution in [0, 0.1) is 5.92 Å². The van der Waals surface area contributed by atoms with Gasteiger partial charge in [-0.15, -0.1) is 5.10 Å². The van der Waals surface area contributed by atoms with Crippen LogP contribution in [0.5, 0.6) is 0 Å². The van der Waals surface area contributed by atoms with Gasteiger partial charge in [0.15, 0.2) is 6.04 Å². The van der Waals surface area contributed by atoms with Crippen LogP contribution >= 0.6 is 0 Å². The van der Waals surface area contributed by atoms with Crippen LogP contribution in [0.15, 0.2) is 54.6 Å². The molecular weight excluding hydrogens is 402 g/mol. The topological polar surface area (TPSA) is 94.4 Å². The third-order valence-electron chi connectivity index (χ3n) is 6.45. The molecule has 4 rings (SSSR count). The van der Waals surface area contributed by atoms with Crippen LogP contribution in [0.1, 0.15) is 35.8 Å². The van der Waals surface area contributed by atoms with Gasteiger partial charge in [-0.2, -0.15) is 0 Å². The molecule has 2 heterocycles. The number of aromatic nitrogens is 4. The Morgan fingerprint density at radius 2 is 1.81 bits per heavy atom. The van der Waals surface area contributed by atoms with E-state index in [2.05, 4.69) is 69.0 Å². The number of carbonyl (C=O) groups is 1. The van der Waals surface area contributed by atoms with Crippen LogP contribution in [0.25, 0.3) is 0 Å². The molecule has 1 aliphatic heterocycles. The molecule has 0 unspecified atom stereocenters. The van der Waals surface area contributed by atoms with Gasteiger partial charge >= 0.3 is 0 Å². The van der Waals surface area contributed by atoms with Crippen LogP contribution in [-0.4, -0.2) is 53.3 Å². The highest BCUT2D eigenvalue weighted by molar-refractivity contribution is 5.76. The summed E-state index contributed by atoms with van der Waals surface area (Å²) in [6, 6.07) is 19.0. The lowest BCUT2D eigenvalue weighted by Crippen LogP contribution is -3.13. The summed E-state index contributed by atoms with van der Waals surface area (Å²) in [5.41, 5.74) is 9.16. The molecule has 1 saturated heterocycles. The quantitative estimate of drug-likeness (QED) is 0.548. The summed E-state index contributed by atoms with van der Waals surface area (Å²) < 4.78 is 1.94. The van der Waals surface area contributed by atoms with Gasteiger partial charge in [0.1, 0.15) is 0 Å². The fourth-order valence-electron chi connectivity index (χ4n) is 4.55. The van der Waals surface area contributed by atoms with E-state index in [0.717, 1.165) is 50.4 Å². The molecule has 1 amide bonds. The minimum Gasteiger partial charge on any atom is -0.378 e. The maximum atomic E-state index is 11.7. The van der Waals surface area contributed by atoms with E-state index < -0.39 is 0 Å². The van der Waals surface area contributed by atoms with Crippen molar-refractivity contribution >= 4 is 11.6 Å². The number of anilines is 1. The maximum absolute atomic E-state index is 11.7. The lowest BCUT2D eigenvalue weighted by Gasteiger charge is -2.33. The molecule has 1 fully saturated rings. The molecule has 0 aliphatic carbocycles. The van der Waals surface area contributed by atoms with Crippen molar-refractivity contribution in [3.63, 3.8) is 0 Å². The van der Waals surface area contributed by atoms with E-state index in [0.29, 0.717) is 0 Å². The Hall–Kier alpha value is -3.26. The highest BCUT2D eigenvalue weighted by Gasteiger charge is 2.36. The molecule has 3 aromatic rings. The van der Waals surface area contributed by atoms with Crippen LogP contribution in [0.3, 0.4) is 0 Å². The second-order valence-corrected chi connectivity index (χ2v) is 8.75. The standard InChI is InChI=1S/C24H31N7O/c1-29(2)21-10-8-19(9-11-21)22(30-15-13-20(14-16-30)23(25)32)24-26-27-28-31(24)17-12-18-6-4-3-5-7-18/h3-11,20,22H,12-17H2,1-2H3,(H2,25,32)/p+1/t22-/m1/s1. The van der Waals surface area contributed by atoms with Crippen molar-refractivity contribution < 1.29 is 9.69 Å². The maximum Gasteiger partial charge on any atom is 0.220 e. The SMILES string of the molecule is CN(C)c1ccc([C@H](c2nnnn2CCc2ccccc2)[NH+]2CCC(C(N)=O)CC2)cc1. The third-order valence-corrected chi connectivity index (χ3v) is 6.45. The first-order valence-corrected chi connectivity index (χ1v) is 11.2. The van der Waals surface area contributed by atoms with Crippen molar-refractivity contribution in [3.8, 4) is 0 Å². The number of rotatable bonds is 8. The smallest absolute Gasteiger partial charge is 0.220 e. The third kappa shape index (κ3) is 4.96. The van der Waals surface area contributed by atoms with Gasteiger partial charge in [0.05, 0.1) is 13.1 Å². The van der Waals surface area contributed by atoms with Gasteiger partial charge in [0, 0.05) is 50.7 Å². The molecule has 1 atom stereocenters. The van der Waals surface area contributed by atoms with Crippen molar-refractivity contribution in [2.75, 3.05) is 32.1 Å². The molecular formula is C24H32N7O+. The number of hydrogen-bond donors (Lipinski definition) is 2. The predicted octanol–water partition coefficient (Wildman–Crippen LogP) is 0.851. The summed E-state index contributed by atoms with van der Waals surface area (Å²) in [5.74, 6) is 0.638. The van der Waals surface area contributed by atoms with E-state index in [4.69, 9.17) is 5.73 Å². The highest BCUT2D eigenvalue weighted by atomic mass is 16.1. The minimum absolute atomic E-state index is 0.00538. The number of nitrogens with two attached hydrogens (primary N) is 1. The molecule has 168 valence electrons. The Labute approximate surface area is 189 Å². The van der Waals surface area contributed by atoms with Crippen LogP contribution < -0.4 is 15.5 Å². The summed E-state index contributed by atoms with van der Waals surface area (Å²) >= 11 is 0. The number of hydrogen-bond acceptors (Lipinski definition) is 5. The lowest BCUT2D eigenvalue weighted by atomic mass is 9.93. The van der Waals surface area contributed by atoms with Gasteiger partial charge in [0.2, 0.25) is 11.7 Å². The first-order chi connectivity index (χ1) is 15.5. The van der Waals surface area contributed by atoms with E-state index in [1.54, 1.807) is 0 Å². The zero-order chi connectivity index (χ0) is 22.5. The number of primary amides is 1. The van der Waals surface area contributed by atoms with Gasteiger partial charge in [-0.1, -0.05) is 42.5 Å². The number of tetrazole rings is 1. The van der Waals surface area contributed by atoms with E-state index in [-0.39, 0.29) is 17.9 Å². The molecule has 2 aromatic carbocycles. The Morgan fingerprint density at radius 3 is 2.44 bits per heavy atom. The Balaban J connectivity index is 1.61. The predicted molar refractivity (Wildman–Crippen MR) is 123 cm³/mol. The average Bonchev–Trinajstić information content (AvgIpc) is 3.27. The molecule has 0 bridgehead atoms. The Kier molecular flexibility index (Phi) is 6.80. The molecule has 3 N–H and O–H groups in total. The van der Waals surface area contributed by atoms with Crippen molar-refractivity contribution in [1.29, 1.82) is 0 Å². The number of piperidine rings is 1. The zero-order valence-electron chi connectivity index (χ0n) is 18.8. The number of benzene rings is 2. The first kappa shape index (κ1) is 22.0. The largest absolute Gasteiger partial charge is 0.378 e. The second kappa shape index (κ2) is 9.91. The number of carbonyl (C=O) groups excluding carboxylic acids is 1. The van der Waals surface area contributed by atoms with Gasteiger partial charge < -0.3 is 15.5 Å². The zero-order valence-corrected chi connectivity index (χ0v) is 18.8. The molecule has 1 aromatic heterocycles. The summed E-state index contributed by atoms with van der Waals surface area (Å²) in [7, 11) is 4.08. The Morgan fingerprint density at radius 1 is 1.12 bits per heavy atom. The molecule has 0 saturated carbocycles. The summed E-state index contributed by atoms with van der Waals surface area (Å²) in [6.07, 6.45) is 2.45. The van der Waals surface area contributed by atoms with Crippen molar-refractivity contribution in [2.24, 2.45) is 11.7 Å². The van der Waals surface area contributed by atoms with Gasteiger partial charge in [0.25, 0.3) is 0 Å². The molecule has 8 nitrogen and oxygen atoms in total. The molecule has 8 heteroatoms. The van der Waals surface area contributed by atoms with E-state index in [1.807, 2.05) is 24.8 Å². The number of likely N-dealkylation sites (tertiary alicyclic amines) is 1. The summed E-state index contributed by atoms with van der Waals surface area (Å²) in [4.78, 5) is 15.1. The van der Waals surface area contributed by atoms with Gasteiger partial charge in [-0.3, -0.25) is 4.79 Å². The lowest BCUT2D eigenvalue weighted by molar-refractivity contribution is -0.931. The fourth-order valence-corrected chi connectivity index (χ4v) is 4.55. The second-order valence-electron chi connectivity index (χ2n) is 8.75. The summed E-state index contributed by atoms with van der Waals surface area (Å²) in [6.45, 7) is 2.44. The highest BCUT2D eigenvalue weighted by Crippen LogP contribution is 2.22. The normalized spacial score (nSPS) is 19.4. The molecule has 0 spiro atoms. The molecule has 32 heavy (non-hydrogen) atoms. The van der Waals surface area contributed by atoms with Crippen molar-refractivity contribution in [1.82, 2.24) is 20.2 Å². The summed E-state index contributed by atoms with van der Waals surface area (Å²) in [5, 5.41) is 12.8. The monoisotopic (exact) mass is 434 g/mol. The van der Waals surface area contributed by atoms with E-state index in [9.17, 15) is 4.79 Å². The van der Waals surface area contributed by atoms with Crippen molar-refractivity contribution in [2.45, 2.75) is 31.8 Å². The van der Waals surface area contributed by atoms with Crippen LogP contribution in [0.2, 0.25) is 0 Å². The van der Waals surface area contributed by atoms with Gasteiger partial charge in [-0.05, 0) is 34.5 Å². The number of aryl methyl sites for hydroxylation is 2. The van der Waals surface area contributed by atoms with E-state index >= 15 is 0 Å². The van der Waals surface area contributed by atoms with Gasteiger partial charge in [-0.25, -0.2) is 4.68 Å². The Bertz CT molecular complexity index is 1010. The average molecular weight is 435 g/mol. The minimum atomic E-state index is -0.191. The number of nitrogens with zero attached hydrogens (tertiary/aromatic N) is 5. The first-order valence-electron chi connectivity index (χ1n) is 11.2. The van der Waals surface area contributed by atoms with E-state index in [1.165, 1.54) is 16.0 Å². The number of quaternary nitrogens is 1. The van der Waals surface area contributed by atoms with Crippen LogP contribution in [-0.2, 0) is 17.8 Å².